The lowest BCUT2D eigenvalue weighted by molar-refractivity contribution is -0.145. The molecule has 0 aliphatic carbocycles. The number of rotatable bonds is 7. The van der Waals surface area contributed by atoms with E-state index in [1.807, 2.05) is 32.0 Å². The van der Waals surface area contributed by atoms with Crippen LogP contribution in [0.5, 0.6) is 5.75 Å². The van der Waals surface area contributed by atoms with Crippen LogP contribution in [0.15, 0.2) is 54.6 Å². The molecule has 0 saturated carbocycles. The maximum atomic E-state index is 12.4. The molecule has 2 aromatic carbocycles. The van der Waals surface area contributed by atoms with Crippen molar-refractivity contribution in [1.29, 1.82) is 0 Å². The standard InChI is InChI=1S/C21H24O3/c1-4-15-21(3,5-2)20(23)24-18-13-11-17(12-14-18)19(22)16-9-7-6-8-10-16/h6-14H,4-5,15H2,1-3H3. The molecule has 3 heteroatoms. The van der Waals surface area contributed by atoms with Crippen LogP contribution < -0.4 is 4.74 Å². The number of ether oxygens (including phenoxy) is 1. The van der Waals surface area contributed by atoms with E-state index in [9.17, 15) is 9.59 Å². The van der Waals surface area contributed by atoms with Gasteiger partial charge < -0.3 is 4.74 Å². The Hall–Kier alpha value is -2.42. The summed E-state index contributed by atoms with van der Waals surface area (Å²) in [5.74, 6) is 0.215. The Morgan fingerprint density at radius 2 is 1.50 bits per heavy atom. The lowest BCUT2D eigenvalue weighted by atomic mass is 9.83. The maximum absolute atomic E-state index is 12.4. The molecule has 0 N–H and O–H groups in total. The van der Waals surface area contributed by atoms with Gasteiger partial charge >= 0.3 is 5.97 Å². The predicted octanol–water partition coefficient (Wildman–Crippen LogP) is 5.04. The summed E-state index contributed by atoms with van der Waals surface area (Å²) in [6, 6.07) is 15.9. The molecule has 0 fully saturated rings. The zero-order valence-corrected chi connectivity index (χ0v) is 14.5. The van der Waals surface area contributed by atoms with Crippen LogP contribution in [0.2, 0.25) is 0 Å². The Bertz CT molecular complexity index is 689. The SMILES string of the molecule is CCCC(C)(CC)C(=O)Oc1ccc(C(=O)c2ccccc2)cc1. The van der Waals surface area contributed by atoms with Gasteiger partial charge in [0, 0.05) is 11.1 Å². The monoisotopic (exact) mass is 324 g/mol. The number of hydrogen-bond donors (Lipinski definition) is 0. The summed E-state index contributed by atoms with van der Waals surface area (Å²) in [6.07, 6.45) is 2.47. The molecule has 0 spiro atoms. The largest absolute Gasteiger partial charge is 0.426 e. The normalized spacial score (nSPS) is 13.1. The van der Waals surface area contributed by atoms with Gasteiger partial charge in [-0.1, -0.05) is 50.6 Å². The van der Waals surface area contributed by atoms with E-state index in [0.717, 1.165) is 19.3 Å². The van der Waals surface area contributed by atoms with Crippen molar-refractivity contribution in [3.8, 4) is 5.75 Å². The molecule has 0 aromatic heterocycles. The first-order valence-electron chi connectivity index (χ1n) is 8.42. The summed E-state index contributed by atoms with van der Waals surface area (Å²) in [4.78, 5) is 24.8. The predicted molar refractivity (Wildman–Crippen MR) is 95.3 cm³/mol. The molecule has 2 aromatic rings. The first-order chi connectivity index (χ1) is 11.5. The highest BCUT2D eigenvalue weighted by Gasteiger charge is 2.32. The molecule has 0 aliphatic heterocycles. The minimum atomic E-state index is -0.465. The van der Waals surface area contributed by atoms with E-state index in [4.69, 9.17) is 4.74 Å². The maximum Gasteiger partial charge on any atom is 0.317 e. The van der Waals surface area contributed by atoms with Crippen molar-refractivity contribution in [3.63, 3.8) is 0 Å². The second-order valence-corrected chi connectivity index (χ2v) is 6.27. The van der Waals surface area contributed by atoms with E-state index in [1.165, 1.54) is 0 Å². The van der Waals surface area contributed by atoms with Crippen LogP contribution >= 0.6 is 0 Å². The smallest absolute Gasteiger partial charge is 0.317 e. The van der Waals surface area contributed by atoms with E-state index in [2.05, 4.69) is 6.92 Å². The summed E-state index contributed by atoms with van der Waals surface area (Å²) >= 11 is 0. The summed E-state index contributed by atoms with van der Waals surface area (Å²) < 4.78 is 5.51. The van der Waals surface area contributed by atoms with Crippen LogP contribution in [0.25, 0.3) is 0 Å². The van der Waals surface area contributed by atoms with Crippen molar-refractivity contribution < 1.29 is 14.3 Å². The molecule has 1 unspecified atom stereocenters. The van der Waals surface area contributed by atoms with E-state index in [-0.39, 0.29) is 11.8 Å². The number of carbonyl (C=O) groups is 2. The number of benzene rings is 2. The van der Waals surface area contributed by atoms with Crippen molar-refractivity contribution in [3.05, 3.63) is 65.7 Å². The molecule has 0 radical (unpaired) electrons. The highest BCUT2D eigenvalue weighted by Crippen LogP contribution is 2.30. The molecular weight excluding hydrogens is 300 g/mol. The number of esters is 1. The minimum absolute atomic E-state index is 0.0437. The summed E-state index contributed by atoms with van der Waals surface area (Å²) in [7, 11) is 0. The highest BCUT2D eigenvalue weighted by atomic mass is 16.5. The number of ketones is 1. The van der Waals surface area contributed by atoms with Crippen LogP contribution in [0.4, 0.5) is 0 Å². The van der Waals surface area contributed by atoms with Crippen LogP contribution in [-0.4, -0.2) is 11.8 Å². The number of carbonyl (C=O) groups excluding carboxylic acids is 2. The second kappa shape index (κ2) is 7.91. The molecular formula is C21H24O3. The van der Waals surface area contributed by atoms with Crippen LogP contribution in [0.1, 0.15) is 56.0 Å². The average Bonchev–Trinajstić information content (AvgIpc) is 2.62. The van der Waals surface area contributed by atoms with Gasteiger partial charge in [-0.15, -0.1) is 0 Å². The van der Waals surface area contributed by atoms with Gasteiger partial charge in [0.1, 0.15) is 5.75 Å². The Balaban J connectivity index is 2.10. The van der Waals surface area contributed by atoms with E-state index >= 15 is 0 Å². The van der Waals surface area contributed by atoms with Gasteiger partial charge in [-0.05, 0) is 44.0 Å². The third-order valence-electron chi connectivity index (χ3n) is 4.44. The van der Waals surface area contributed by atoms with Crippen LogP contribution in [0, 0.1) is 5.41 Å². The van der Waals surface area contributed by atoms with Gasteiger partial charge in [0.05, 0.1) is 5.41 Å². The Morgan fingerprint density at radius 3 is 2.04 bits per heavy atom. The summed E-state index contributed by atoms with van der Waals surface area (Å²) in [5, 5.41) is 0. The van der Waals surface area contributed by atoms with Gasteiger partial charge in [-0.2, -0.15) is 0 Å². The first-order valence-corrected chi connectivity index (χ1v) is 8.42. The van der Waals surface area contributed by atoms with Gasteiger partial charge in [0.25, 0.3) is 0 Å². The summed E-state index contributed by atoms with van der Waals surface area (Å²) in [6.45, 7) is 6.00. The van der Waals surface area contributed by atoms with Crippen LogP contribution in [0.3, 0.4) is 0 Å². The molecule has 3 nitrogen and oxygen atoms in total. The Kier molecular flexibility index (Phi) is 5.91. The molecule has 0 saturated heterocycles. The molecule has 0 heterocycles. The quantitative estimate of drug-likeness (QED) is 0.407. The minimum Gasteiger partial charge on any atom is -0.426 e. The lowest BCUT2D eigenvalue weighted by Crippen LogP contribution is -2.31. The number of hydrogen-bond acceptors (Lipinski definition) is 3. The van der Waals surface area contributed by atoms with Gasteiger partial charge in [0.15, 0.2) is 5.78 Å². The van der Waals surface area contributed by atoms with Gasteiger partial charge in [-0.25, -0.2) is 0 Å². The van der Waals surface area contributed by atoms with Gasteiger partial charge in [0.2, 0.25) is 0 Å². The fourth-order valence-corrected chi connectivity index (χ4v) is 2.64. The van der Waals surface area contributed by atoms with Crippen LogP contribution in [-0.2, 0) is 4.79 Å². The molecule has 24 heavy (non-hydrogen) atoms. The van der Waals surface area contributed by atoms with Crippen molar-refractivity contribution in [2.45, 2.75) is 40.0 Å². The zero-order chi connectivity index (χ0) is 17.6. The molecule has 0 amide bonds. The van der Waals surface area contributed by atoms with Crippen molar-refractivity contribution in [2.24, 2.45) is 5.41 Å². The Labute approximate surface area is 143 Å². The lowest BCUT2D eigenvalue weighted by Gasteiger charge is -2.25. The van der Waals surface area contributed by atoms with Gasteiger partial charge in [-0.3, -0.25) is 9.59 Å². The fraction of sp³-hybridized carbons (Fsp3) is 0.333. The van der Waals surface area contributed by atoms with E-state index < -0.39 is 5.41 Å². The van der Waals surface area contributed by atoms with Crippen molar-refractivity contribution in [1.82, 2.24) is 0 Å². The average molecular weight is 324 g/mol. The molecule has 126 valence electrons. The third kappa shape index (κ3) is 4.10. The highest BCUT2D eigenvalue weighted by molar-refractivity contribution is 6.09. The molecule has 0 bridgehead atoms. The molecule has 1 atom stereocenters. The topological polar surface area (TPSA) is 43.4 Å². The first kappa shape index (κ1) is 17.9. The van der Waals surface area contributed by atoms with E-state index in [1.54, 1.807) is 36.4 Å². The zero-order valence-electron chi connectivity index (χ0n) is 14.5. The fourth-order valence-electron chi connectivity index (χ4n) is 2.64. The van der Waals surface area contributed by atoms with Crippen molar-refractivity contribution >= 4 is 11.8 Å². The molecule has 0 aliphatic rings. The second-order valence-electron chi connectivity index (χ2n) is 6.27. The Morgan fingerprint density at radius 1 is 0.917 bits per heavy atom. The van der Waals surface area contributed by atoms with Crippen molar-refractivity contribution in [2.75, 3.05) is 0 Å². The third-order valence-corrected chi connectivity index (χ3v) is 4.44. The summed E-state index contributed by atoms with van der Waals surface area (Å²) in [5.41, 5.74) is 0.754. The van der Waals surface area contributed by atoms with E-state index in [0.29, 0.717) is 16.9 Å². The molecule has 2 rings (SSSR count).